The molecule has 0 bridgehead atoms. The number of rotatable bonds is 5. The number of amides is 4. The molecule has 0 radical (unpaired) electrons. The number of imide groups is 1. The van der Waals surface area contributed by atoms with Crippen LogP contribution in [0.25, 0.3) is 0 Å². The van der Waals surface area contributed by atoms with Gasteiger partial charge in [0.2, 0.25) is 5.91 Å². The Morgan fingerprint density at radius 2 is 1.94 bits per heavy atom. The second kappa shape index (κ2) is 5.65. The van der Waals surface area contributed by atoms with Crippen molar-refractivity contribution < 1.29 is 14.4 Å². The summed E-state index contributed by atoms with van der Waals surface area (Å²) in [5.41, 5.74) is 0. The highest BCUT2D eigenvalue weighted by Crippen LogP contribution is 2.07. The topological polar surface area (TPSA) is 69.7 Å². The van der Waals surface area contributed by atoms with E-state index in [1.165, 1.54) is 4.90 Å². The van der Waals surface area contributed by atoms with Crippen molar-refractivity contribution in [1.82, 2.24) is 15.1 Å². The van der Waals surface area contributed by atoms with Gasteiger partial charge in [-0.2, -0.15) is 0 Å². The van der Waals surface area contributed by atoms with Gasteiger partial charge in [-0.3, -0.25) is 14.5 Å². The lowest BCUT2D eigenvalue weighted by atomic mass is 10.2. The molecule has 0 unspecified atom stereocenters. The molecule has 1 rings (SSSR count). The Kier molecular flexibility index (Phi) is 4.48. The third-order valence-electron chi connectivity index (χ3n) is 2.88. The first-order chi connectivity index (χ1) is 7.99. The summed E-state index contributed by atoms with van der Waals surface area (Å²) in [6, 6.07) is -0.303. The third-order valence-corrected chi connectivity index (χ3v) is 2.88. The molecule has 0 spiro atoms. The van der Waals surface area contributed by atoms with E-state index in [2.05, 4.69) is 5.32 Å². The van der Waals surface area contributed by atoms with E-state index in [9.17, 15) is 14.4 Å². The molecule has 0 aromatic rings. The Morgan fingerprint density at radius 3 is 2.35 bits per heavy atom. The summed E-state index contributed by atoms with van der Waals surface area (Å²) in [7, 11) is 1.54. The van der Waals surface area contributed by atoms with Crippen LogP contribution >= 0.6 is 0 Å². The first-order valence-corrected chi connectivity index (χ1v) is 5.84. The maximum Gasteiger partial charge on any atom is 0.327 e. The fraction of sp³-hybridized carbons (Fsp3) is 0.727. The molecule has 1 fully saturated rings. The van der Waals surface area contributed by atoms with Gasteiger partial charge in [-0.1, -0.05) is 13.8 Å². The molecule has 1 N–H and O–H groups in total. The van der Waals surface area contributed by atoms with E-state index in [0.717, 1.165) is 17.7 Å². The van der Waals surface area contributed by atoms with Crippen molar-refractivity contribution in [2.45, 2.75) is 32.7 Å². The highest BCUT2D eigenvalue weighted by molar-refractivity contribution is 6.04. The summed E-state index contributed by atoms with van der Waals surface area (Å²) in [6.45, 7) is 3.83. The summed E-state index contributed by atoms with van der Waals surface area (Å²) in [5.74, 6) is -0.604. The predicted octanol–water partition coefficient (Wildman–Crippen LogP) is 0.185. The zero-order chi connectivity index (χ0) is 13.0. The minimum Gasteiger partial charge on any atom is -0.352 e. The molecular formula is C11H19N3O3. The van der Waals surface area contributed by atoms with Gasteiger partial charge in [0, 0.05) is 13.1 Å². The highest BCUT2D eigenvalue weighted by Gasteiger charge is 2.34. The smallest absolute Gasteiger partial charge is 0.327 e. The fourth-order valence-corrected chi connectivity index (χ4v) is 1.73. The Morgan fingerprint density at radius 1 is 1.35 bits per heavy atom. The van der Waals surface area contributed by atoms with Gasteiger partial charge in [0.25, 0.3) is 5.91 Å². The summed E-state index contributed by atoms with van der Waals surface area (Å²) < 4.78 is 0. The predicted molar refractivity (Wildman–Crippen MR) is 62.3 cm³/mol. The molecule has 1 heterocycles. The van der Waals surface area contributed by atoms with E-state index in [1.807, 2.05) is 13.8 Å². The van der Waals surface area contributed by atoms with Gasteiger partial charge in [-0.05, 0) is 12.8 Å². The van der Waals surface area contributed by atoms with Gasteiger partial charge in [0.1, 0.15) is 13.1 Å². The summed E-state index contributed by atoms with van der Waals surface area (Å²) in [4.78, 5) is 36.9. The Bertz CT molecular complexity index is 326. The van der Waals surface area contributed by atoms with Gasteiger partial charge in [-0.15, -0.1) is 0 Å². The Hall–Kier alpha value is -1.59. The van der Waals surface area contributed by atoms with Gasteiger partial charge in [-0.25, -0.2) is 4.79 Å². The molecule has 1 saturated heterocycles. The zero-order valence-corrected chi connectivity index (χ0v) is 10.5. The molecular weight excluding hydrogens is 222 g/mol. The lowest BCUT2D eigenvalue weighted by Gasteiger charge is -2.18. The van der Waals surface area contributed by atoms with E-state index in [-0.39, 0.29) is 30.9 Å². The summed E-state index contributed by atoms with van der Waals surface area (Å²) in [5, 5.41) is 2.80. The van der Waals surface area contributed by atoms with Crippen LogP contribution in [0.5, 0.6) is 0 Å². The van der Waals surface area contributed by atoms with Crippen molar-refractivity contribution in [3.05, 3.63) is 0 Å². The fourth-order valence-electron chi connectivity index (χ4n) is 1.73. The number of likely N-dealkylation sites (N-methyl/N-ethyl adjacent to an activating group) is 1. The maximum absolute atomic E-state index is 11.6. The van der Waals surface area contributed by atoms with E-state index >= 15 is 0 Å². The number of nitrogens with zero attached hydrogens (tertiary/aromatic N) is 2. The van der Waals surface area contributed by atoms with Crippen LogP contribution in [0, 0.1) is 0 Å². The lowest BCUT2D eigenvalue weighted by molar-refractivity contribution is -0.131. The Balaban J connectivity index is 2.51. The largest absolute Gasteiger partial charge is 0.352 e. The average Bonchev–Trinajstić information content (AvgIpc) is 2.53. The molecule has 6 heteroatoms. The van der Waals surface area contributed by atoms with E-state index in [4.69, 9.17) is 0 Å². The zero-order valence-electron chi connectivity index (χ0n) is 10.5. The monoisotopic (exact) mass is 241 g/mol. The normalized spacial score (nSPS) is 16.0. The van der Waals surface area contributed by atoms with Crippen molar-refractivity contribution in [2.24, 2.45) is 0 Å². The van der Waals surface area contributed by atoms with Gasteiger partial charge in [0.15, 0.2) is 0 Å². The Labute approximate surface area is 101 Å². The standard InChI is InChI=1S/C11H19N3O3/c1-4-8(5-2)12-9(15)6-14-10(16)7-13(3)11(14)17/h8H,4-7H2,1-3H3,(H,12,15). The summed E-state index contributed by atoms with van der Waals surface area (Å²) >= 11 is 0. The second-order valence-corrected chi connectivity index (χ2v) is 4.20. The minimum atomic E-state index is -0.408. The number of urea groups is 1. The molecule has 1 aliphatic rings. The van der Waals surface area contributed by atoms with Crippen LogP contribution in [-0.2, 0) is 9.59 Å². The number of carbonyl (C=O) groups excluding carboxylic acids is 3. The number of hydrogen-bond acceptors (Lipinski definition) is 3. The third kappa shape index (κ3) is 3.18. The van der Waals surface area contributed by atoms with E-state index < -0.39 is 6.03 Å². The summed E-state index contributed by atoms with van der Waals surface area (Å²) in [6.07, 6.45) is 1.67. The van der Waals surface area contributed by atoms with Crippen LogP contribution < -0.4 is 5.32 Å². The van der Waals surface area contributed by atoms with Gasteiger partial charge in [0.05, 0.1) is 0 Å². The molecule has 0 saturated carbocycles. The van der Waals surface area contributed by atoms with Gasteiger partial charge < -0.3 is 10.2 Å². The molecule has 17 heavy (non-hydrogen) atoms. The number of hydrogen-bond donors (Lipinski definition) is 1. The molecule has 96 valence electrons. The first-order valence-electron chi connectivity index (χ1n) is 5.84. The SMILES string of the molecule is CCC(CC)NC(=O)CN1C(=O)CN(C)C1=O. The van der Waals surface area contributed by atoms with Crippen LogP contribution in [0.4, 0.5) is 4.79 Å². The van der Waals surface area contributed by atoms with Crippen molar-refractivity contribution >= 4 is 17.8 Å². The van der Waals surface area contributed by atoms with Crippen LogP contribution in [0.15, 0.2) is 0 Å². The van der Waals surface area contributed by atoms with Gasteiger partial charge >= 0.3 is 6.03 Å². The van der Waals surface area contributed by atoms with E-state index in [1.54, 1.807) is 7.05 Å². The lowest BCUT2D eigenvalue weighted by Crippen LogP contribution is -2.44. The van der Waals surface area contributed by atoms with E-state index in [0.29, 0.717) is 0 Å². The molecule has 0 atom stereocenters. The molecule has 4 amide bonds. The average molecular weight is 241 g/mol. The maximum atomic E-state index is 11.6. The number of nitrogens with one attached hydrogen (secondary N) is 1. The quantitative estimate of drug-likeness (QED) is 0.698. The van der Waals surface area contributed by atoms with Crippen molar-refractivity contribution in [2.75, 3.05) is 20.1 Å². The van der Waals surface area contributed by atoms with Crippen molar-refractivity contribution in [3.63, 3.8) is 0 Å². The highest BCUT2D eigenvalue weighted by atomic mass is 16.2. The molecule has 6 nitrogen and oxygen atoms in total. The first kappa shape index (κ1) is 13.5. The van der Waals surface area contributed by atoms with Crippen molar-refractivity contribution in [3.8, 4) is 0 Å². The molecule has 0 aromatic heterocycles. The van der Waals surface area contributed by atoms with Crippen LogP contribution in [-0.4, -0.2) is 53.8 Å². The van der Waals surface area contributed by atoms with Crippen LogP contribution in [0.1, 0.15) is 26.7 Å². The van der Waals surface area contributed by atoms with Crippen LogP contribution in [0.3, 0.4) is 0 Å². The van der Waals surface area contributed by atoms with Crippen molar-refractivity contribution in [1.29, 1.82) is 0 Å². The molecule has 0 aromatic carbocycles. The molecule has 0 aliphatic carbocycles. The minimum absolute atomic E-state index is 0.0527. The second-order valence-electron chi connectivity index (χ2n) is 4.20. The molecule has 1 aliphatic heterocycles. The number of carbonyl (C=O) groups is 3. The van der Waals surface area contributed by atoms with Crippen LogP contribution in [0.2, 0.25) is 0 Å².